The summed E-state index contributed by atoms with van der Waals surface area (Å²) in [4.78, 5) is 70.7. The summed E-state index contributed by atoms with van der Waals surface area (Å²) >= 11 is 0. The van der Waals surface area contributed by atoms with Crippen molar-refractivity contribution in [3.63, 3.8) is 0 Å². The maximum Gasteiger partial charge on any atom is 0.235 e. The van der Waals surface area contributed by atoms with Crippen LogP contribution in [0.2, 0.25) is 0 Å². The third kappa shape index (κ3) is 4.76. The zero-order valence-electron chi connectivity index (χ0n) is 26.1. The normalized spacial score (nSPS) is 28.5. The molecule has 5 rings (SSSR count). The number of furan rings is 1. The van der Waals surface area contributed by atoms with Gasteiger partial charge in [-0.05, 0) is 77.4 Å². The molecular weight excluding hydrogens is 568 g/mol. The number of aliphatic hydroxyl groups is 1. The van der Waals surface area contributed by atoms with Crippen molar-refractivity contribution in [2.45, 2.75) is 57.3 Å². The van der Waals surface area contributed by atoms with Gasteiger partial charge in [0, 0.05) is 31.2 Å². The number of hydrogen-bond acceptors (Lipinski definition) is 11. The van der Waals surface area contributed by atoms with Gasteiger partial charge in [-0.2, -0.15) is 0 Å². The van der Waals surface area contributed by atoms with Gasteiger partial charge in [0.1, 0.15) is 17.3 Å². The second-order valence-corrected chi connectivity index (χ2v) is 13.7. The third-order valence-corrected chi connectivity index (χ3v) is 9.24. The predicted octanol–water partition coefficient (Wildman–Crippen LogP) is 1.08. The summed E-state index contributed by atoms with van der Waals surface area (Å²) in [7, 11) is 6.70. The number of hydrogen-bond donors (Lipinski definition) is 4. The average molecular weight is 609 g/mol. The van der Waals surface area contributed by atoms with Crippen molar-refractivity contribution in [1.29, 1.82) is 0 Å². The first-order valence-corrected chi connectivity index (χ1v) is 14.6. The minimum Gasteiger partial charge on any atom is -0.506 e. The number of carbonyl (C=O) groups excluding carboxylic acids is 5. The first-order chi connectivity index (χ1) is 20.4. The van der Waals surface area contributed by atoms with Crippen LogP contribution in [0.4, 0.5) is 5.69 Å². The minimum absolute atomic E-state index is 0.0123. The van der Waals surface area contributed by atoms with Gasteiger partial charge in [-0.1, -0.05) is 0 Å². The Morgan fingerprint density at radius 3 is 2.34 bits per heavy atom. The molecule has 0 radical (unpaired) electrons. The molecule has 5 N–H and O–H groups in total. The van der Waals surface area contributed by atoms with E-state index >= 15 is 0 Å². The fourth-order valence-electron chi connectivity index (χ4n) is 7.21. The Balaban J connectivity index is 1.62. The number of likely N-dealkylation sites (N-methyl/N-ethyl adjacent to an activating group) is 1. The summed E-state index contributed by atoms with van der Waals surface area (Å²) in [6.45, 7) is 6.50. The number of aromatic hydroxyl groups is 1. The van der Waals surface area contributed by atoms with Crippen LogP contribution < -0.4 is 16.0 Å². The number of ketones is 4. The molecule has 44 heavy (non-hydrogen) atoms. The van der Waals surface area contributed by atoms with E-state index in [-0.39, 0.29) is 35.3 Å². The van der Waals surface area contributed by atoms with Crippen LogP contribution in [-0.4, -0.2) is 89.5 Å². The first-order valence-electron chi connectivity index (χ1n) is 14.6. The topological polar surface area (TPSA) is 183 Å². The number of rotatable bonds is 6. The fraction of sp³-hybridized carbons (Fsp3) is 0.531. The van der Waals surface area contributed by atoms with Crippen molar-refractivity contribution in [1.82, 2.24) is 10.2 Å². The number of nitrogens with zero attached hydrogens (tertiary/aromatic N) is 2. The number of nitrogens with one attached hydrogen (secondary N) is 1. The average Bonchev–Trinajstić information content (AvgIpc) is 3.37. The lowest BCUT2D eigenvalue weighted by atomic mass is 9.52. The predicted molar refractivity (Wildman–Crippen MR) is 160 cm³/mol. The molecule has 2 fully saturated rings. The molecule has 236 valence electrons. The molecule has 3 aliphatic rings. The molecule has 1 aromatic carbocycles. The van der Waals surface area contributed by atoms with Gasteiger partial charge in [-0.15, -0.1) is 0 Å². The van der Waals surface area contributed by atoms with Crippen LogP contribution in [-0.2, 0) is 32.1 Å². The van der Waals surface area contributed by atoms with Crippen molar-refractivity contribution in [2.24, 2.45) is 29.4 Å². The Hall–Kier alpha value is -3.87. The van der Waals surface area contributed by atoms with Crippen LogP contribution in [0.1, 0.15) is 48.9 Å². The van der Waals surface area contributed by atoms with Crippen molar-refractivity contribution < 1.29 is 38.6 Å². The smallest absolute Gasteiger partial charge is 0.235 e. The number of carbonyl (C=O) groups is 5. The van der Waals surface area contributed by atoms with Crippen LogP contribution in [0.15, 0.2) is 22.6 Å². The van der Waals surface area contributed by atoms with E-state index in [9.17, 15) is 34.2 Å². The summed E-state index contributed by atoms with van der Waals surface area (Å²) in [5, 5.41) is 26.7. The van der Waals surface area contributed by atoms with E-state index in [4.69, 9.17) is 10.2 Å². The standard InChI is InChI=1S/C32H40N4O8/c1-31(2,3)34-13-15-8-9-20(44-15)17-12-19(35(4)5)16-10-14-11-18-24(36(6)7)27(39)23(30(33)42)29(41)32(18,43)28(40)21(14)26(38)22(16)25(17)37/h8-9,12,14,18,21,23-24,34,37,43H,10-11,13H2,1-7H3,(H2,33,42)/t14-,18-,21?,23?,24?,32-/m1/s1. The molecular formula is C32H40N4O8. The van der Waals surface area contributed by atoms with E-state index < -0.39 is 64.4 Å². The molecule has 12 nitrogen and oxygen atoms in total. The van der Waals surface area contributed by atoms with E-state index in [0.29, 0.717) is 29.3 Å². The molecule has 2 aromatic rings. The second kappa shape index (κ2) is 10.6. The lowest BCUT2D eigenvalue weighted by Crippen LogP contribution is -2.74. The Morgan fingerprint density at radius 1 is 1.11 bits per heavy atom. The van der Waals surface area contributed by atoms with E-state index in [1.54, 1.807) is 51.3 Å². The van der Waals surface area contributed by atoms with Crippen LogP contribution in [0.25, 0.3) is 11.3 Å². The number of phenolic OH excluding ortho intramolecular Hbond substituents is 1. The highest BCUT2D eigenvalue weighted by Gasteiger charge is 2.69. The lowest BCUT2D eigenvalue weighted by Gasteiger charge is -2.52. The van der Waals surface area contributed by atoms with Crippen LogP contribution in [0, 0.1) is 23.7 Å². The highest BCUT2D eigenvalue weighted by Crippen LogP contribution is 2.53. The highest BCUT2D eigenvalue weighted by atomic mass is 16.3. The minimum atomic E-state index is -2.77. The molecule has 0 saturated heterocycles. The number of fused-ring (bicyclic) bond motifs is 3. The molecule has 12 heteroatoms. The van der Waals surface area contributed by atoms with Gasteiger partial charge in [-0.25, -0.2) is 0 Å². The van der Waals surface area contributed by atoms with Crippen LogP contribution >= 0.6 is 0 Å². The highest BCUT2D eigenvalue weighted by molar-refractivity contribution is 6.32. The quantitative estimate of drug-likeness (QED) is 0.344. The number of primary amides is 1. The Kier molecular flexibility index (Phi) is 7.63. The summed E-state index contributed by atoms with van der Waals surface area (Å²) in [6.07, 6.45) is 0.160. The number of nitrogens with two attached hydrogens (primary N) is 1. The van der Waals surface area contributed by atoms with E-state index in [0.717, 1.165) is 0 Å². The first kappa shape index (κ1) is 31.6. The largest absolute Gasteiger partial charge is 0.506 e. The van der Waals surface area contributed by atoms with Gasteiger partial charge in [0.15, 0.2) is 34.7 Å². The van der Waals surface area contributed by atoms with Gasteiger partial charge in [0.05, 0.1) is 29.6 Å². The van der Waals surface area contributed by atoms with Crippen molar-refractivity contribution >= 4 is 34.7 Å². The maximum absolute atomic E-state index is 14.2. The van der Waals surface area contributed by atoms with Gasteiger partial charge in [0.2, 0.25) is 5.91 Å². The number of anilines is 1. The summed E-state index contributed by atoms with van der Waals surface area (Å²) in [6, 6.07) is 4.05. The molecule has 2 saturated carbocycles. The van der Waals surface area contributed by atoms with Crippen molar-refractivity contribution in [3.8, 4) is 17.1 Å². The Morgan fingerprint density at radius 2 is 1.77 bits per heavy atom. The molecule has 0 spiro atoms. The zero-order valence-corrected chi connectivity index (χ0v) is 26.1. The zero-order chi connectivity index (χ0) is 32.6. The Bertz CT molecular complexity index is 1580. The van der Waals surface area contributed by atoms with Gasteiger partial charge < -0.3 is 30.6 Å². The number of benzene rings is 1. The summed E-state index contributed by atoms with van der Waals surface area (Å²) in [5.74, 6) is -9.91. The molecule has 0 aliphatic heterocycles. The van der Waals surface area contributed by atoms with E-state index in [2.05, 4.69) is 5.32 Å². The van der Waals surface area contributed by atoms with Crippen molar-refractivity contribution in [3.05, 3.63) is 35.1 Å². The fourth-order valence-corrected chi connectivity index (χ4v) is 7.21. The SMILES string of the molecule is CN(C)c1cc(-c2ccc(CNC(C)(C)C)o2)c(O)c2c1C[C@@H]1C[C@@H]3C(N(C)C)C(=O)C(C(N)=O)C(=O)[C@]3(O)C(=O)C1C2=O. The number of Topliss-reactive ketones (excluding diaryl/α,β-unsaturated/α-hetero) is 4. The van der Waals surface area contributed by atoms with Gasteiger partial charge >= 0.3 is 0 Å². The third-order valence-electron chi connectivity index (χ3n) is 9.24. The molecule has 0 bridgehead atoms. The molecule has 6 atom stereocenters. The molecule has 1 heterocycles. The molecule has 1 amide bonds. The van der Waals surface area contributed by atoms with Crippen LogP contribution in [0.5, 0.6) is 5.75 Å². The van der Waals surface area contributed by atoms with Gasteiger partial charge in [-0.3, -0.25) is 28.9 Å². The van der Waals surface area contributed by atoms with Crippen LogP contribution in [0.3, 0.4) is 0 Å². The number of phenols is 1. The lowest BCUT2D eigenvalue weighted by molar-refractivity contribution is -0.181. The van der Waals surface area contributed by atoms with E-state index in [1.165, 1.54) is 4.90 Å². The monoisotopic (exact) mass is 608 g/mol. The van der Waals surface area contributed by atoms with E-state index in [1.807, 2.05) is 20.8 Å². The second-order valence-electron chi connectivity index (χ2n) is 13.7. The molecule has 1 aromatic heterocycles. The summed E-state index contributed by atoms with van der Waals surface area (Å²) < 4.78 is 6.03. The van der Waals surface area contributed by atoms with Gasteiger partial charge in [0.25, 0.3) is 0 Å². The van der Waals surface area contributed by atoms with Crippen molar-refractivity contribution in [2.75, 3.05) is 33.1 Å². The summed E-state index contributed by atoms with van der Waals surface area (Å²) in [5.41, 5.74) is 3.79. The maximum atomic E-state index is 14.2. The molecule has 3 unspecified atom stereocenters. The Labute approximate surface area is 255 Å². The molecule has 3 aliphatic carbocycles. The number of amides is 1.